The maximum Gasteiger partial charge on any atom is 0.215 e. The Morgan fingerprint density at radius 3 is 1.21 bits per heavy atom. The van der Waals surface area contributed by atoms with E-state index in [-0.39, 0.29) is 5.78 Å². The minimum atomic E-state index is 0.236. The van der Waals surface area contributed by atoms with Crippen molar-refractivity contribution in [1.29, 1.82) is 0 Å². The fourth-order valence-corrected chi connectivity index (χ4v) is 12.0. The van der Waals surface area contributed by atoms with Crippen LogP contribution in [0.2, 0.25) is 0 Å². The molecule has 440 valence electrons. The fraction of sp³-hybridized carbons (Fsp3) is 0.720. The number of hydrogen-bond donors (Lipinski definition) is 0. The van der Waals surface area contributed by atoms with Crippen LogP contribution in [-0.4, -0.2) is 10.5 Å². The average molecular weight is 1070 g/mol. The lowest BCUT2D eigenvalue weighted by Crippen LogP contribution is -2.05. The number of carbonyl (C=O) groups is 1. The average Bonchev–Trinajstić information content (AvgIpc) is 3.94. The molecule has 1 heterocycles. The highest BCUT2D eigenvalue weighted by molar-refractivity contribution is 5.96. The smallest absolute Gasteiger partial charge is 0.215 e. The van der Waals surface area contributed by atoms with E-state index < -0.39 is 0 Å². The third-order valence-electron chi connectivity index (χ3n) is 17.0. The molecule has 1 aliphatic rings. The van der Waals surface area contributed by atoms with Gasteiger partial charge in [0.05, 0.1) is 5.57 Å². The van der Waals surface area contributed by atoms with E-state index in [0.717, 1.165) is 79.5 Å². The largest absolute Gasteiger partial charge is 0.493 e. The van der Waals surface area contributed by atoms with Crippen LogP contribution in [-0.2, 0) is 6.42 Å². The molecule has 0 atom stereocenters. The van der Waals surface area contributed by atoms with Crippen molar-refractivity contribution in [3.05, 3.63) is 112 Å². The summed E-state index contributed by atoms with van der Waals surface area (Å²) < 4.78 is 1.54. The van der Waals surface area contributed by atoms with Crippen LogP contribution in [0.25, 0.3) is 16.9 Å². The van der Waals surface area contributed by atoms with Gasteiger partial charge in [-0.1, -0.05) is 333 Å². The number of nitrogens with zero attached hydrogens (tertiary/aromatic N) is 2. The van der Waals surface area contributed by atoms with Gasteiger partial charge in [-0.25, -0.2) is 4.70 Å². The zero-order chi connectivity index (χ0) is 55.6. The Balaban J connectivity index is 1.60. The summed E-state index contributed by atoms with van der Waals surface area (Å²) in [5.74, 6) is 0.236. The second kappa shape index (κ2) is 49.5. The van der Waals surface area contributed by atoms with Crippen LogP contribution in [0.15, 0.2) is 84.0 Å². The van der Waals surface area contributed by atoms with Crippen molar-refractivity contribution in [2.45, 2.75) is 349 Å². The molecule has 0 aliphatic carbocycles. The number of aryl methyl sites for hydroxylation is 1. The number of benzene rings is 2. The number of hydrogen-bond acceptors (Lipinski definition) is 1. The molecule has 0 spiro atoms. The third kappa shape index (κ3) is 32.2. The summed E-state index contributed by atoms with van der Waals surface area (Å²) in [5, 5.41) is 0. The summed E-state index contributed by atoms with van der Waals surface area (Å²) >= 11 is 0. The number of Topliss-reactive ketones (excluding diaryl/α,β-unsaturated/α-hetero) is 1. The first kappa shape index (κ1) is 68.9. The van der Waals surface area contributed by atoms with Gasteiger partial charge in [0, 0.05) is 28.7 Å². The number of allylic oxidation sites excluding steroid dienone is 6. The van der Waals surface area contributed by atoms with Crippen molar-refractivity contribution >= 4 is 17.2 Å². The van der Waals surface area contributed by atoms with Gasteiger partial charge in [0.2, 0.25) is 11.4 Å². The van der Waals surface area contributed by atoms with Crippen LogP contribution >= 0.6 is 0 Å². The third-order valence-corrected chi connectivity index (χ3v) is 17.0. The minimum absolute atomic E-state index is 0.236. The van der Waals surface area contributed by atoms with Crippen molar-refractivity contribution in [3.63, 3.8) is 0 Å². The van der Waals surface area contributed by atoms with Gasteiger partial charge in [0.1, 0.15) is 0 Å². The number of unbranched alkanes of at least 4 members (excludes halogenated alkanes) is 42. The van der Waals surface area contributed by atoms with Gasteiger partial charge in [0.25, 0.3) is 0 Å². The van der Waals surface area contributed by atoms with E-state index in [1.165, 1.54) is 285 Å². The maximum atomic E-state index is 13.5. The second-order valence-corrected chi connectivity index (χ2v) is 24.2. The molecule has 0 amide bonds. The zero-order valence-electron chi connectivity index (χ0n) is 52.1. The van der Waals surface area contributed by atoms with Crippen molar-refractivity contribution in [3.8, 4) is 0 Å². The molecule has 1 aliphatic heterocycles. The van der Waals surface area contributed by atoms with E-state index in [1.807, 2.05) is 12.1 Å². The first-order chi connectivity index (χ1) is 38.6. The van der Waals surface area contributed by atoms with Crippen molar-refractivity contribution in [2.75, 3.05) is 0 Å². The monoisotopic (exact) mass is 1070 g/mol. The molecule has 0 radical (unpaired) electrons. The summed E-state index contributed by atoms with van der Waals surface area (Å²) in [7, 11) is 0. The molecule has 0 saturated carbocycles. The van der Waals surface area contributed by atoms with E-state index in [9.17, 15) is 10.3 Å². The van der Waals surface area contributed by atoms with Gasteiger partial charge in [-0.3, -0.25) is 4.79 Å². The highest BCUT2D eigenvalue weighted by Gasteiger charge is 2.35. The lowest BCUT2D eigenvalue weighted by atomic mass is 9.92. The summed E-state index contributed by atoms with van der Waals surface area (Å²) in [6.45, 7) is 9.16. The summed E-state index contributed by atoms with van der Waals surface area (Å²) in [6, 6.07) is 17.1. The van der Waals surface area contributed by atoms with Gasteiger partial charge in [-0.05, 0) is 88.0 Å². The predicted molar refractivity (Wildman–Crippen MR) is 346 cm³/mol. The molecular formula is C75H124N2O. The van der Waals surface area contributed by atoms with Crippen molar-refractivity contribution < 1.29 is 9.49 Å². The Morgan fingerprint density at radius 1 is 0.385 bits per heavy atom. The molecular weight excluding hydrogens is 945 g/mol. The van der Waals surface area contributed by atoms with Crippen molar-refractivity contribution in [1.82, 2.24) is 0 Å². The number of ketones is 1. The van der Waals surface area contributed by atoms with E-state index >= 15 is 0 Å². The molecule has 2 aromatic rings. The summed E-state index contributed by atoms with van der Waals surface area (Å²) in [4.78, 5) is 13.5. The molecule has 0 fully saturated rings. The summed E-state index contributed by atoms with van der Waals surface area (Å²) in [6.07, 6.45) is 74.4. The van der Waals surface area contributed by atoms with Gasteiger partial charge < -0.3 is 5.53 Å². The van der Waals surface area contributed by atoms with Crippen LogP contribution in [0, 0.1) is 0 Å². The lowest BCUT2D eigenvalue weighted by molar-refractivity contribution is -0.345. The topological polar surface area (TPSA) is 42.4 Å². The summed E-state index contributed by atoms with van der Waals surface area (Å²) in [5.41, 5.74) is 21.1. The van der Waals surface area contributed by atoms with Crippen LogP contribution in [0.1, 0.15) is 369 Å². The Bertz CT molecular complexity index is 1890. The van der Waals surface area contributed by atoms with Crippen LogP contribution in [0.4, 0.5) is 0 Å². The Labute approximate surface area is 484 Å². The molecule has 2 aromatic carbocycles. The SMILES string of the molecule is CCCCCCCCCCCCCCC=CC1=C(c2ccccc2CCCC=CCCCCCCCCCCCCCCCCCCCC)[N+](=[N-])C(c2ccc(C(=O)CCCCCCCCCCC)cc2)=C1CCCCCC. The minimum Gasteiger partial charge on any atom is -0.493 e. The predicted octanol–water partition coefficient (Wildman–Crippen LogP) is 25.9. The van der Waals surface area contributed by atoms with E-state index in [4.69, 9.17) is 0 Å². The van der Waals surface area contributed by atoms with Crippen LogP contribution in [0.3, 0.4) is 0 Å². The van der Waals surface area contributed by atoms with E-state index in [1.54, 1.807) is 0 Å². The fourth-order valence-electron chi connectivity index (χ4n) is 12.0. The van der Waals surface area contributed by atoms with Crippen LogP contribution in [0.5, 0.6) is 0 Å². The van der Waals surface area contributed by atoms with Gasteiger partial charge in [-0.15, -0.1) is 0 Å². The Morgan fingerprint density at radius 2 is 0.756 bits per heavy atom. The normalized spacial score (nSPS) is 13.0. The molecule has 78 heavy (non-hydrogen) atoms. The standard InChI is InChI=1S/C75H124N2O/c1-5-9-13-17-20-23-25-27-29-30-31-32-33-34-35-36-37-38-40-43-45-48-51-57-67-58-55-56-59-70(67)75-72(61-53-49-46-44-41-39-28-26-24-21-18-14-10-6-2)71(60-52-16-12-8-4)74(77(75)76)69-65-63-68(64-66-69)73(78)62-54-50-47-42-22-19-15-11-7-3/h43,45,53,55-56,58-59,61,63-66H,5-42,44,46-52,54,57,60,62H2,1-4H3. The van der Waals surface area contributed by atoms with E-state index in [0.29, 0.717) is 6.42 Å². The molecule has 0 N–H and O–H groups in total. The molecule has 0 aromatic heterocycles. The van der Waals surface area contributed by atoms with Gasteiger partial charge in [-0.2, -0.15) is 0 Å². The maximum absolute atomic E-state index is 13.5. The van der Waals surface area contributed by atoms with Crippen LogP contribution < -0.4 is 0 Å². The number of rotatable bonds is 55. The highest BCUT2D eigenvalue weighted by Crippen LogP contribution is 2.44. The molecule has 3 nitrogen and oxygen atoms in total. The number of carbonyl (C=O) groups excluding carboxylic acids is 1. The zero-order valence-corrected chi connectivity index (χ0v) is 52.1. The van der Waals surface area contributed by atoms with Gasteiger partial charge >= 0.3 is 0 Å². The molecule has 3 rings (SSSR count). The highest BCUT2D eigenvalue weighted by atomic mass is 16.1. The lowest BCUT2D eigenvalue weighted by Gasteiger charge is -2.13. The Kier molecular flexibility index (Phi) is 43.7. The Hall–Kier alpha value is -3.33. The quantitative estimate of drug-likeness (QED) is 0.0282. The first-order valence-electron chi connectivity index (χ1n) is 34.6. The molecule has 3 heteroatoms. The molecule has 0 bridgehead atoms. The van der Waals surface area contributed by atoms with Crippen molar-refractivity contribution in [2.24, 2.45) is 0 Å². The first-order valence-corrected chi connectivity index (χ1v) is 34.6. The molecule has 0 unspecified atom stereocenters. The van der Waals surface area contributed by atoms with E-state index in [2.05, 4.69) is 88.4 Å². The molecule has 0 saturated heterocycles. The van der Waals surface area contributed by atoms with Gasteiger partial charge in [0.15, 0.2) is 5.78 Å². The second-order valence-electron chi connectivity index (χ2n) is 24.2.